The van der Waals surface area contributed by atoms with Crippen LogP contribution in [0.1, 0.15) is 32.6 Å². The Morgan fingerprint density at radius 2 is 2.08 bits per heavy atom. The summed E-state index contributed by atoms with van der Waals surface area (Å²) in [5.41, 5.74) is -0.125. The van der Waals surface area contributed by atoms with Crippen LogP contribution in [0, 0.1) is 0 Å². The van der Waals surface area contributed by atoms with Gasteiger partial charge in [-0.3, -0.25) is 19.3 Å². The predicted octanol–water partition coefficient (Wildman–Crippen LogP) is 1.31. The molecule has 1 aromatic carbocycles. The molecule has 7 heteroatoms. The quantitative estimate of drug-likeness (QED) is 0.848. The van der Waals surface area contributed by atoms with E-state index < -0.39 is 17.6 Å². The molecule has 128 valence electrons. The molecular weight excluding hydrogens is 312 g/mol. The number of aliphatic carboxylic acids is 1. The van der Waals surface area contributed by atoms with Crippen molar-refractivity contribution in [2.24, 2.45) is 0 Å². The highest BCUT2D eigenvalue weighted by Crippen LogP contribution is 2.36. The molecule has 1 aliphatic carbocycles. The summed E-state index contributed by atoms with van der Waals surface area (Å²) in [5, 5.41) is 11.8. The first-order valence-electron chi connectivity index (χ1n) is 8.00. The largest absolute Gasteiger partial charge is 0.481 e. The molecule has 1 atom stereocenters. The summed E-state index contributed by atoms with van der Waals surface area (Å²) in [7, 11) is 0. The van der Waals surface area contributed by atoms with Crippen LogP contribution in [0.3, 0.4) is 0 Å². The molecule has 7 nitrogen and oxygen atoms in total. The van der Waals surface area contributed by atoms with Crippen molar-refractivity contribution in [1.29, 1.82) is 0 Å². The van der Waals surface area contributed by atoms with Crippen molar-refractivity contribution in [3.8, 4) is 5.75 Å². The fourth-order valence-corrected chi connectivity index (χ4v) is 3.24. The summed E-state index contributed by atoms with van der Waals surface area (Å²) < 4.78 is 5.54. The van der Waals surface area contributed by atoms with Crippen molar-refractivity contribution in [2.45, 2.75) is 44.2 Å². The van der Waals surface area contributed by atoms with E-state index in [9.17, 15) is 14.4 Å². The molecule has 0 aromatic heterocycles. The third-order valence-corrected chi connectivity index (χ3v) is 4.58. The standard InChI is InChI=1S/C17H20N2O5/c1-11-16(23)19(12-5-2-3-6-13(12)24-11)10-14(20)18-17(7-4-8-17)9-15(21)22/h2-3,5-6,11H,4,7-10H2,1H3,(H,18,20)(H,21,22). The van der Waals surface area contributed by atoms with E-state index in [0.29, 0.717) is 24.3 Å². The molecule has 1 aromatic rings. The molecule has 1 aliphatic heterocycles. The molecule has 0 saturated heterocycles. The van der Waals surface area contributed by atoms with Gasteiger partial charge in [-0.25, -0.2) is 0 Å². The number of anilines is 1. The van der Waals surface area contributed by atoms with Crippen LogP contribution in [0.5, 0.6) is 5.75 Å². The Balaban J connectivity index is 1.74. The fraction of sp³-hybridized carbons (Fsp3) is 0.471. The van der Waals surface area contributed by atoms with Gasteiger partial charge in [-0.2, -0.15) is 0 Å². The Bertz CT molecular complexity index is 683. The second-order valence-electron chi connectivity index (χ2n) is 6.40. The van der Waals surface area contributed by atoms with Gasteiger partial charge in [0.2, 0.25) is 5.91 Å². The zero-order chi connectivity index (χ0) is 17.3. The van der Waals surface area contributed by atoms with Crippen molar-refractivity contribution in [3.05, 3.63) is 24.3 Å². The first kappa shape index (κ1) is 16.3. The number of carboxylic acid groups (broad SMARTS) is 1. The Kier molecular flexibility index (Phi) is 4.17. The van der Waals surface area contributed by atoms with Gasteiger partial charge in [0.05, 0.1) is 17.6 Å². The van der Waals surface area contributed by atoms with Gasteiger partial charge in [0.1, 0.15) is 12.3 Å². The molecule has 0 spiro atoms. The molecular formula is C17H20N2O5. The molecule has 1 heterocycles. The van der Waals surface area contributed by atoms with E-state index in [1.807, 2.05) is 0 Å². The molecule has 2 N–H and O–H groups in total. The maximum atomic E-state index is 12.4. The average molecular weight is 332 g/mol. The van der Waals surface area contributed by atoms with E-state index >= 15 is 0 Å². The third-order valence-electron chi connectivity index (χ3n) is 4.58. The maximum Gasteiger partial charge on any atom is 0.305 e. The smallest absolute Gasteiger partial charge is 0.305 e. The lowest BCUT2D eigenvalue weighted by Gasteiger charge is -2.42. The van der Waals surface area contributed by atoms with E-state index in [1.54, 1.807) is 31.2 Å². The first-order valence-corrected chi connectivity index (χ1v) is 8.00. The van der Waals surface area contributed by atoms with Gasteiger partial charge in [0, 0.05) is 0 Å². The van der Waals surface area contributed by atoms with Crippen LogP contribution in [0.15, 0.2) is 24.3 Å². The monoisotopic (exact) mass is 332 g/mol. The first-order chi connectivity index (χ1) is 11.4. The predicted molar refractivity (Wildman–Crippen MR) is 85.9 cm³/mol. The highest BCUT2D eigenvalue weighted by atomic mass is 16.5. The number of hydrogen-bond donors (Lipinski definition) is 2. The Morgan fingerprint density at radius 1 is 1.38 bits per heavy atom. The van der Waals surface area contributed by atoms with Crippen LogP contribution in [-0.2, 0) is 14.4 Å². The molecule has 3 rings (SSSR count). The number of fused-ring (bicyclic) bond motifs is 1. The second kappa shape index (κ2) is 6.14. The Hall–Kier alpha value is -2.57. The summed E-state index contributed by atoms with van der Waals surface area (Å²) in [6.45, 7) is 1.49. The number of nitrogens with one attached hydrogen (secondary N) is 1. The number of nitrogens with zero attached hydrogens (tertiary/aromatic N) is 1. The molecule has 1 saturated carbocycles. The van der Waals surface area contributed by atoms with Crippen LogP contribution < -0.4 is 15.0 Å². The lowest BCUT2D eigenvalue weighted by Crippen LogP contribution is -2.58. The minimum absolute atomic E-state index is 0.0945. The van der Waals surface area contributed by atoms with Crippen LogP contribution in [-0.4, -0.2) is 41.1 Å². The topological polar surface area (TPSA) is 95.9 Å². The van der Waals surface area contributed by atoms with Crippen molar-refractivity contribution >= 4 is 23.5 Å². The highest BCUT2D eigenvalue weighted by molar-refractivity contribution is 6.03. The number of carbonyl (C=O) groups excluding carboxylic acids is 2. The van der Waals surface area contributed by atoms with Gasteiger partial charge in [0.15, 0.2) is 6.10 Å². The Labute approximate surface area is 139 Å². The molecule has 2 aliphatic rings. The summed E-state index contributed by atoms with van der Waals surface area (Å²) in [6, 6.07) is 7.05. The fourth-order valence-electron chi connectivity index (χ4n) is 3.24. The van der Waals surface area contributed by atoms with Crippen molar-refractivity contribution in [3.63, 3.8) is 0 Å². The minimum Gasteiger partial charge on any atom is -0.481 e. The molecule has 1 fully saturated rings. The third kappa shape index (κ3) is 3.06. The van der Waals surface area contributed by atoms with Gasteiger partial charge in [-0.15, -0.1) is 0 Å². The number of ether oxygens (including phenoxy) is 1. The summed E-state index contributed by atoms with van der Waals surface area (Å²) in [4.78, 5) is 37.2. The van der Waals surface area contributed by atoms with Crippen molar-refractivity contribution in [2.75, 3.05) is 11.4 Å². The molecule has 24 heavy (non-hydrogen) atoms. The van der Waals surface area contributed by atoms with E-state index in [2.05, 4.69) is 5.32 Å². The highest BCUT2D eigenvalue weighted by Gasteiger charge is 2.41. The van der Waals surface area contributed by atoms with Crippen LogP contribution in [0.25, 0.3) is 0 Å². The van der Waals surface area contributed by atoms with Crippen molar-refractivity contribution < 1.29 is 24.2 Å². The van der Waals surface area contributed by atoms with Gasteiger partial charge < -0.3 is 15.2 Å². The molecule has 2 amide bonds. The lowest BCUT2D eigenvalue weighted by atomic mass is 9.74. The normalized spacial score (nSPS) is 21.3. The van der Waals surface area contributed by atoms with Gasteiger partial charge in [0.25, 0.3) is 5.91 Å². The summed E-state index contributed by atoms with van der Waals surface area (Å²) in [6.07, 6.45) is 1.43. The van der Waals surface area contributed by atoms with Gasteiger partial charge in [-0.1, -0.05) is 12.1 Å². The zero-order valence-electron chi connectivity index (χ0n) is 13.4. The van der Waals surface area contributed by atoms with Gasteiger partial charge >= 0.3 is 5.97 Å². The van der Waals surface area contributed by atoms with E-state index in [0.717, 1.165) is 6.42 Å². The number of hydrogen-bond acceptors (Lipinski definition) is 4. The van der Waals surface area contributed by atoms with Gasteiger partial charge in [-0.05, 0) is 38.3 Å². The minimum atomic E-state index is -0.934. The number of carboxylic acids is 1. The summed E-state index contributed by atoms with van der Waals surface area (Å²) in [5.74, 6) is -1.02. The van der Waals surface area contributed by atoms with Crippen LogP contribution in [0.2, 0.25) is 0 Å². The van der Waals surface area contributed by atoms with Crippen LogP contribution >= 0.6 is 0 Å². The van der Waals surface area contributed by atoms with E-state index in [4.69, 9.17) is 9.84 Å². The molecule has 0 bridgehead atoms. The summed E-state index contributed by atoms with van der Waals surface area (Å²) >= 11 is 0. The number of para-hydroxylation sites is 2. The van der Waals surface area contributed by atoms with Crippen molar-refractivity contribution in [1.82, 2.24) is 5.32 Å². The SMILES string of the molecule is CC1Oc2ccccc2N(CC(=O)NC2(CC(=O)O)CCC2)C1=O. The van der Waals surface area contributed by atoms with E-state index in [1.165, 1.54) is 4.90 Å². The molecule has 0 radical (unpaired) electrons. The second-order valence-corrected chi connectivity index (χ2v) is 6.40. The number of benzene rings is 1. The zero-order valence-corrected chi connectivity index (χ0v) is 13.4. The van der Waals surface area contributed by atoms with E-state index in [-0.39, 0.29) is 24.8 Å². The van der Waals surface area contributed by atoms with Crippen LogP contribution in [0.4, 0.5) is 5.69 Å². The lowest BCUT2D eigenvalue weighted by molar-refractivity contribution is -0.140. The number of amides is 2. The average Bonchev–Trinajstić information content (AvgIpc) is 2.49. The number of rotatable bonds is 5. The Morgan fingerprint density at radius 3 is 2.71 bits per heavy atom. The molecule has 1 unspecified atom stereocenters. The maximum absolute atomic E-state index is 12.4. The number of carbonyl (C=O) groups is 3.